The van der Waals surface area contributed by atoms with Crippen molar-refractivity contribution < 1.29 is 14.3 Å². The van der Waals surface area contributed by atoms with E-state index in [9.17, 15) is 4.79 Å². The molecule has 0 fully saturated rings. The fraction of sp³-hybridized carbons (Fsp3) is 0.308. The Morgan fingerprint density at radius 2 is 2.05 bits per heavy atom. The van der Waals surface area contributed by atoms with Crippen molar-refractivity contribution in [2.24, 2.45) is 0 Å². The minimum atomic E-state index is -0.283. The summed E-state index contributed by atoms with van der Waals surface area (Å²) in [5.74, 6) is 0.829. The van der Waals surface area contributed by atoms with E-state index in [4.69, 9.17) is 9.47 Å². The molecule has 0 aliphatic heterocycles. The van der Waals surface area contributed by atoms with Gasteiger partial charge in [-0.3, -0.25) is 10.1 Å². The Morgan fingerprint density at radius 1 is 1.30 bits per heavy atom. The van der Waals surface area contributed by atoms with Gasteiger partial charge in [-0.15, -0.1) is 10.2 Å². The minimum absolute atomic E-state index is 0.110. The number of para-hydroxylation sites is 2. The van der Waals surface area contributed by atoms with E-state index in [1.807, 2.05) is 19.1 Å². The normalized spacial score (nSPS) is 10.1. The predicted octanol–water partition coefficient (Wildman–Crippen LogP) is 2.13. The predicted molar refractivity (Wildman–Crippen MR) is 76.4 cm³/mol. The number of carbonyl (C=O) groups is 1. The summed E-state index contributed by atoms with van der Waals surface area (Å²) >= 11 is 1.36. The Labute approximate surface area is 120 Å². The molecule has 0 atom stereocenters. The van der Waals surface area contributed by atoms with Crippen molar-refractivity contribution in [3.63, 3.8) is 0 Å². The lowest BCUT2D eigenvalue weighted by molar-refractivity contribution is -0.118. The van der Waals surface area contributed by atoms with E-state index in [-0.39, 0.29) is 12.5 Å². The zero-order chi connectivity index (χ0) is 14.4. The number of amides is 1. The lowest BCUT2D eigenvalue weighted by atomic mass is 10.3. The smallest absolute Gasteiger partial charge is 0.264 e. The van der Waals surface area contributed by atoms with Gasteiger partial charge in [-0.25, -0.2) is 0 Å². The molecule has 1 aromatic carbocycles. The second-order valence-corrected chi connectivity index (χ2v) is 4.90. The topological polar surface area (TPSA) is 73.3 Å². The van der Waals surface area contributed by atoms with Crippen LogP contribution >= 0.6 is 11.3 Å². The van der Waals surface area contributed by atoms with Crippen LogP contribution in [0.3, 0.4) is 0 Å². The van der Waals surface area contributed by atoms with Gasteiger partial charge in [-0.2, -0.15) is 0 Å². The molecule has 1 aromatic heterocycles. The van der Waals surface area contributed by atoms with Gasteiger partial charge in [0.2, 0.25) is 5.13 Å². The van der Waals surface area contributed by atoms with Crippen LogP contribution in [0, 0.1) is 0 Å². The monoisotopic (exact) mass is 293 g/mol. The molecule has 1 N–H and O–H groups in total. The molecule has 0 aliphatic rings. The van der Waals surface area contributed by atoms with Gasteiger partial charge in [0.25, 0.3) is 5.91 Å². The summed E-state index contributed by atoms with van der Waals surface area (Å²) in [5, 5.41) is 11.8. The first-order valence-corrected chi connectivity index (χ1v) is 6.92. The van der Waals surface area contributed by atoms with E-state index >= 15 is 0 Å². The number of nitrogens with one attached hydrogen (secondary N) is 1. The molecule has 0 radical (unpaired) electrons. The van der Waals surface area contributed by atoms with Crippen molar-refractivity contribution >= 4 is 22.4 Å². The average Bonchev–Trinajstić information content (AvgIpc) is 2.93. The Balaban J connectivity index is 1.88. The molecule has 0 unspecified atom stereocenters. The number of ether oxygens (including phenoxy) is 2. The standard InChI is InChI=1S/C13H15N3O3S/c1-3-12-15-16-13(20-12)14-11(17)8-19-10-7-5-4-6-9(10)18-2/h4-7H,3,8H2,1-2H3,(H,14,16,17). The van der Waals surface area contributed by atoms with E-state index in [1.54, 1.807) is 19.2 Å². The van der Waals surface area contributed by atoms with Gasteiger partial charge < -0.3 is 9.47 Å². The third-order valence-corrected chi connectivity index (χ3v) is 3.43. The van der Waals surface area contributed by atoms with Crippen molar-refractivity contribution in [2.45, 2.75) is 13.3 Å². The summed E-state index contributed by atoms with van der Waals surface area (Å²) in [6, 6.07) is 7.16. The molecular formula is C13H15N3O3S. The number of aromatic nitrogens is 2. The number of nitrogens with zero attached hydrogens (tertiary/aromatic N) is 2. The van der Waals surface area contributed by atoms with Crippen molar-refractivity contribution in [2.75, 3.05) is 19.0 Å². The maximum atomic E-state index is 11.7. The first-order chi connectivity index (χ1) is 9.72. The molecule has 0 spiro atoms. The largest absolute Gasteiger partial charge is 0.493 e. The lowest BCUT2D eigenvalue weighted by Crippen LogP contribution is -2.20. The Morgan fingerprint density at radius 3 is 2.70 bits per heavy atom. The molecule has 20 heavy (non-hydrogen) atoms. The molecular weight excluding hydrogens is 278 g/mol. The zero-order valence-electron chi connectivity index (χ0n) is 11.3. The molecule has 2 aromatic rings. The number of carbonyl (C=O) groups excluding carboxylic acids is 1. The highest BCUT2D eigenvalue weighted by Crippen LogP contribution is 2.25. The fourth-order valence-electron chi connectivity index (χ4n) is 1.48. The Hall–Kier alpha value is -2.15. The molecule has 7 heteroatoms. The van der Waals surface area contributed by atoms with Crippen molar-refractivity contribution in [1.29, 1.82) is 0 Å². The third-order valence-electron chi connectivity index (χ3n) is 2.44. The van der Waals surface area contributed by atoms with Crippen LogP contribution in [0.15, 0.2) is 24.3 Å². The second kappa shape index (κ2) is 6.85. The molecule has 2 rings (SSSR count). The number of aryl methyl sites for hydroxylation is 1. The molecule has 1 heterocycles. The lowest BCUT2D eigenvalue weighted by Gasteiger charge is -2.09. The summed E-state index contributed by atoms with van der Waals surface area (Å²) in [4.78, 5) is 11.7. The van der Waals surface area contributed by atoms with Crippen LogP contribution in [0.5, 0.6) is 11.5 Å². The van der Waals surface area contributed by atoms with Crippen LogP contribution in [0.4, 0.5) is 5.13 Å². The van der Waals surface area contributed by atoms with E-state index < -0.39 is 0 Å². The maximum absolute atomic E-state index is 11.7. The first-order valence-electron chi connectivity index (χ1n) is 6.11. The fourth-order valence-corrected chi connectivity index (χ4v) is 2.18. The number of rotatable bonds is 6. The molecule has 106 valence electrons. The van der Waals surface area contributed by atoms with Crippen LogP contribution in [-0.4, -0.2) is 29.8 Å². The van der Waals surface area contributed by atoms with E-state index in [0.717, 1.165) is 11.4 Å². The van der Waals surface area contributed by atoms with Crippen LogP contribution in [0.2, 0.25) is 0 Å². The van der Waals surface area contributed by atoms with Crippen LogP contribution in [0.25, 0.3) is 0 Å². The van der Waals surface area contributed by atoms with Crippen molar-refractivity contribution in [3.8, 4) is 11.5 Å². The molecule has 0 bridgehead atoms. The Bertz CT molecular complexity index is 586. The van der Waals surface area contributed by atoms with Gasteiger partial charge in [0, 0.05) is 0 Å². The summed E-state index contributed by atoms with van der Waals surface area (Å²) in [6.07, 6.45) is 0.797. The van der Waals surface area contributed by atoms with Crippen LogP contribution < -0.4 is 14.8 Å². The van der Waals surface area contributed by atoms with Crippen molar-refractivity contribution in [3.05, 3.63) is 29.3 Å². The molecule has 6 nitrogen and oxygen atoms in total. The highest BCUT2D eigenvalue weighted by atomic mass is 32.1. The summed E-state index contributed by atoms with van der Waals surface area (Å²) in [7, 11) is 1.55. The van der Waals surface area contributed by atoms with Crippen molar-refractivity contribution in [1.82, 2.24) is 10.2 Å². The average molecular weight is 293 g/mol. The number of hydrogen-bond donors (Lipinski definition) is 1. The molecule has 0 aliphatic carbocycles. The van der Waals surface area contributed by atoms with Gasteiger partial charge in [-0.05, 0) is 18.6 Å². The summed E-state index contributed by atoms with van der Waals surface area (Å²) in [6.45, 7) is 1.87. The van der Waals surface area contributed by atoms with E-state index in [1.165, 1.54) is 11.3 Å². The summed E-state index contributed by atoms with van der Waals surface area (Å²) < 4.78 is 10.6. The zero-order valence-corrected chi connectivity index (χ0v) is 12.1. The van der Waals surface area contributed by atoms with Crippen LogP contribution in [0.1, 0.15) is 11.9 Å². The van der Waals surface area contributed by atoms with Gasteiger partial charge in [-0.1, -0.05) is 30.4 Å². The van der Waals surface area contributed by atoms with Gasteiger partial charge in [0.15, 0.2) is 18.1 Å². The van der Waals surface area contributed by atoms with Gasteiger partial charge in [0.05, 0.1) is 7.11 Å². The second-order valence-electron chi connectivity index (χ2n) is 3.84. The van der Waals surface area contributed by atoms with E-state index in [2.05, 4.69) is 15.5 Å². The molecule has 0 saturated heterocycles. The van der Waals surface area contributed by atoms with Gasteiger partial charge in [0.1, 0.15) is 5.01 Å². The third kappa shape index (κ3) is 3.67. The number of hydrogen-bond acceptors (Lipinski definition) is 6. The number of anilines is 1. The molecule has 0 saturated carbocycles. The Kier molecular flexibility index (Phi) is 4.89. The SMILES string of the molecule is CCc1nnc(NC(=O)COc2ccccc2OC)s1. The minimum Gasteiger partial charge on any atom is -0.493 e. The van der Waals surface area contributed by atoms with E-state index in [0.29, 0.717) is 16.6 Å². The first kappa shape index (κ1) is 14.3. The highest BCUT2D eigenvalue weighted by molar-refractivity contribution is 7.15. The maximum Gasteiger partial charge on any atom is 0.264 e. The quantitative estimate of drug-likeness (QED) is 0.883. The highest BCUT2D eigenvalue weighted by Gasteiger charge is 2.09. The van der Waals surface area contributed by atoms with Crippen LogP contribution in [-0.2, 0) is 11.2 Å². The van der Waals surface area contributed by atoms with Gasteiger partial charge >= 0.3 is 0 Å². The summed E-state index contributed by atoms with van der Waals surface area (Å²) in [5.41, 5.74) is 0. The molecule has 1 amide bonds. The number of benzene rings is 1. The number of methoxy groups -OCH3 is 1.